The fourth-order valence-electron chi connectivity index (χ4n) is 2.77. The molecule has 4 nitrogen and oxygen atoms in total. The van der Waals surface area contributed by atoms with Gasteiger partial charge in [0.2, 0.25) is 11.8 Å². The maximum Gasteiger partial charge on any atom is 0.245 e. The molecule has 1 N–H and O–H groups in total. The number of hydrogen-bond donors (Lipinski definition) is 1. The van der Waals surface area contributed by atoms with Gasteiger partial charge in [0.1, 0.15) is 6.04 Å². The van der Waals surface area contributed by atoms with E-state index in [4.69, 9.17) is 0 Å². The molecule has 21 heavy (non-hydrogen) atoms. The van der Waals surface area contributed by atoms with Gasteiger partial charge >= 0.3 is 0 Å². The van der Waals surface area contributed by atoms with Crippen molar-refractivity contribution in [1.82, 2.24) is 10.2 Å². The van der Waals surface area contributed by atoms with Crippen molar-refractivity contribution in [2.75, 3.05) is 6.54 Å². The number of amides is 2. The first kappa shape index (κ1) is 15.5. The van der Waals surface area contributed by atoms with Crippen molar-refractivity contribution < 1.29 is 9.59 Å². The van der Waals surface area contributed by atoms with Crippen molar-refractivity contribution in [3.8, 4) is 0 Å². The number of rotatable bonds is 4. The van der Waals surface area contributed by atoms with Crippen LogP contribution in [0, 0.1) is 5.92 Å². The minimum atomic E-state index is -0.404. The van der Waals surface area contributed by atoms with Crippen LogP contribution in [0.15, 0.2) is 30.3 Å². The average molecular weight is 288 g/mol. The van der Waals surface area contributed by atoms with Gasteiger partial charge < -0.3 is 10.2 Å². The molecule has 0 radical (unpaired) electrons. The lowest BCUT2D eigenvalue weighted by Gasteiger charge is -2.31. The lowest BCUT2D eigenvalue weighted by molar-refractivity contribution is -0.136. The molecule has 4 heteroatoms. The molecule has 0 aliphatic carbocycles. The summed E-state index contributed by atoms with van der Waals surface area (Å²) in [4.78, 5) is 26.3. The molecule has 2 rings (SSSR count). The third-order valence-corrected chi connectivity index (χ3v) is 4.02. The molecule has 114 valence electrons. The van der Waals surface area contributed by atoms with Gasteiger partial charge in [-0.1, -0.05) is 44.2 Å². The molecular formula is C17H24N2O2. The molecule has 1 saturated heterocycles. The molecule has 0 spiro atoms. The summed E-state index contributed by atoms with van der Waals surface area (Å²) in [6.45, 7) is 6.49. The van der Waals surface area contributed by atoms with Crippen molar-refractivity contribution in [2.45, 2.75) is 45.7 Å². The predicted octanol–water partition coefficient (Wildman–Crippen LogP) is 1.99. The van der Waals surface area contributed by atoms with Crippen molar-refractivity contribution in [1.29, 1.82) is 0 Å². The lowest BCUT2D eigenvalue weighted by atomic mass is 10.0. The zero-order chi connectivity index (χ0) is 15.4. The van der Waals surface area contributed by atoms with Crippen molar-refractivity contribution >= 4 is 11.8 Å². The Kier molecular flexibility index (Phi) is 4.99. The summed E-state index contributed by atoms with van der Waals surface area (Å²) in [6, 6.07) is 9.84. The normalized spacial score (nSPS) is 21.1. The van der Waals surface area contributed by atoms with Crippen LogP contribution in [0.5, 0.6) is 0 Å². The van der Waals surface area contributed by atoms with Gasteiger partial charge in [0.15, 0.2) is 0 Å². The molecule has 2 atom stereocenters. The van der Waals surface area contributed by atoms with Gasteiger partial charge in [0.25, 0.3) is 0 Å². The highest BCUT2D eigenvalue weighted by Crippen LogP contribution is 2.16. The van der Waals surface area contributed by atoms with E-state index < -0.39 is 6.04 Å². The van der Waals surface area contributed by atoms with Gasteiger partial charge in [0.05, 0.1) is 0 Å². The van der Waals surface area contributed by atoms with Gasteiger partial charge in [-0.05, 0) is 24.8 Å². The SMILES string of the molecule is CC(C)C1NC(=O)CCN(C(C)Cc2ccccc2)C1=O. The van der Waals surface area contributed by atoms with Crippen LogP contribution in [-0.2, 0) is 16.0 Å². The first-order chi connectivity index (χ1) is 9.99. The third kappa shape index (κ3) is 3.84. The lowest BCUT2D eigenvalue weighted by Crippen LogP contribution is -2.50. The van der Waals surface area contributed by atoms with E-state index in [2.05, 4.69) is 24.4 Å². The molecule has 0 bridgehead atoms. The van der Waals surface area contributed by atoms with E-state index in [-0.39, 0.29) is 23.8 Å². The number of carbonyl (C=O) groups is 2. The topological polar surface area (TPSA) is 49.4 Å². The Hall–Kier alpha value is -1.84. The Morgan fingerprint density at radius 3 is 2.48 bits per heavy atom. The minimum Gasteiger partial charge on any atom is -0.344 e. The molecule has 0 saturated carbocycles. The maximum absolute atomic E-state index is 12.7. The number of hydrogen-bond acceptors (Lipinski definition) is 2. The highest BCUT2D eigenvalue weighted by atomic mass is 16.2. The monoisotopic (exact) mass is 288 g/mol. The molecule has 0 aromatic heterocycles. The maximum atomic E-state index is 12.7. The van der Waals surface area contributed by atoms with Crippen LogP contribution >= 0.6 is 0 Å². The third-order valence-electron chi connectivity index (χ3n) is 4.02. The Bertz CT molecular complexity index is 499. The summed E-state index contributed by atoms with van der Waals surface area (Å²) in [5, 5.41) is 2.85. The van der Waals surface area contributed by atoms with Crippen LogP contribution < -0.4 is 5.32 Å². The van der Waals surface area contributed by atoms with Gasteiger partial charge in [0, 0.05) is 19.0 Å². The summed E-state index contributed by atoms with van der Waals surface area (Å²) in [7, 11) is 0. The first-order valence-corrected chi connectivity index (χ1v) is 7.63. The number of nitrogens with one attached hydrogen (secondary N) is 1. The van der Waals surface area contributed by atoms with E-state index in [0.717, 1.165) is 6.42 Å². The quantitative estimate of drug-likeness (QED) is 0.921. The van der Waals surface area contributed by atoms with Gasteiger partial charge in [-0.25, -0.2) is 0 Å². The van der Waals surface area contributed by atoms with Gasteiger partial charge in [-0.2, -0.15) is 0 Å². The standard InChI is InChI=1S/C17H24N2O2/c1-12(2)16-17(21)19(10-9-15(20)18-16)13(3)11-14-7-5-4-6-8-14/h4-8,12-13,16H,9-11H2,1-3H3,(H,18,20). The Morgan fingerprint density at radius 1 is 1.19 bits per heavy atom. The van der Waals surface area contributed by atoms with E-state index in [9.17, 15) is 9.59 Å². The van der Waals surface area contributed by atoms with E-state index in [1.807, 2.05) is 36.9 Å². The minimum absolute atomic E-state index is 0.0311. The van der Waals surface area contributed by atoms with Crippen LogP contribution in [0.2, 0.25) is 0 Å². The number of nitrogens with zero attached hydrogens (tertiary/aromatic N) is 1. The first-order valence-electron chi connectivity index (χ1n) is 7.63. The Labute approximate surface area is 126 Å². The number of benzene rings is 1. The molecule has 1 fully saturated rings. The summed E-state index contributed by atoms with van der Waals surface area (Å²) in [5.74, 6) is 0.113. The highest BCUT2D eigenvalue weighted by Gasteiger charge is 2.33. The highest BCUT2D eigenvalue weighted by molar-refractivity contribution is 5.90. The van der Waals surface area contributed by atoms with Gasteiger partial charge in [-0.15, -0.1) is 0 Å². The molecule has 1 aliphatic rings. The van der Waals surface area contributed by atoms with E-state index in [1.54, 1.807) is 0 Å². The molecule has 1 aliphatic heterocycles. The molecular weight excluding hydrogens is 264 g/mol. The molecule has 1 aromatic carbocycles. The summed E-state index contributed by atoms with van der Waals surface area (Å²) in [6.07, 6.45) is 1.19. The predicted molar refractivity (Wildman–Crippen MR) is 82.7 cm³/mol. The second-order valence-electron chi connectivity index (χ2n) is 6.11. The van der Waals surface area contributed by atoms with Crippen LogP contribution in [0.3, 0.4) is 0 Å². The van der Waals surface area contributed by atoms with Gasteiger partial charge in [-0.3, -0.25) is 9.59 Å². The number of carbonyl (C=O) groups excluding carboxylic acids is 2. The van der Waals surface area contributed by atoms with E-state index in [0.29, 0.717) is 13.0 Å². The van der Waals surface area contributed by atoms with E-state index in [1.165, 1.54) is 5.56 Å². The summed E-state index contributed by atoms with van der Waals surface area (Å²) in [5.41, 5.74) is 1.21. The van der Waals surface area contributed by atoms with Crippen LogP contribution in [0.25, 0.3) is 0 Å². The van der Waals surface area contributed by atoms with Crippen LogP contribution in [-0.4, -0.2) is 35.3 Å². The van der Waals surface area contributed by atoms with Crippen LogP contribution in [0.1, 0.15) is 32.8 Å². The average Bonchev–Trinajstić information content (AvgIpc) is 2.59. The van der Waals surface area contributed by atoms with Crippen LogP contribution in [0.4, 0.5) is 0 Å². The Balaban J connectivity index is 2.12. The van der Waals surface area contributed by atoms with Crippen molar-refractivity contribution in [3.63, 3.8) is 0 Å². The van der Waals surface area contributed by atoms with E-state index >= 15 is 0 Å². The second kappa shape index (κ2) is 6.74. The summed E-state index contributed by atoms with van der Waals surface area (Å²) < 4.78 is 0. The largest absolute Gasteiger partial charge is 0.344 e. The fraction of sp³-hybridized carbons (Fsp3) is 0.529. The molecule has 2 unspecified atom stereocenters. The summed E-state index contributed by atoms with van der Waals surface area (Å²) >= 11 is 0. The second-order valence-corrected chi connectivity index (χ2v) is 6.11. The molecule has 1 heterocycles. The molecule has 1 aromatic rings. The molecule has 2 amide bonds. The zero-order valence-electron chi connectivity index (χ0n) is 13.0. The van der Waals surface area contributed by atoms with Crippen molar-refractivity contribution in [3.05, 3.63) is 35.9 Å². The van der Waals surface area contributed by atoms with Crippen molar-refractivity contribution in [2.24, 2.45) is 5.92 Å². The smallest absolute Gasteiger partial charge is 0.245 e. The fourth-order valence-corrected chi connectivity index (χ4v) is 2.77. The Morgan fingerprint density at radius 2 is 1.86 bits per heavy atom. The zero-order valence-corrected chi connectivity index (χ0v) is 13.0.